The van der Waals surface area contributed by atoms with Gasteiger partial charge >= 0.3 is 5.89 Å². The quantitative estimate of drug-likeness (QED) is 0.0963. The Bertz CT molecular complexity index is 1800. The van der Waals surface area contributed by atoms with Crippen molar-refractivity contribution in [1.29, 1.82) is 0 Å². The highest BCUT2D eigenvalue weighted by Gasteiger charge is 2.27. The van der Waals surface area contributed by atoms with Crippen LogP contribution in [-0.2, 0) is 19.6 Å². The maximum Gasteiger partial charge on any atom is 0.374 e. The molecule has 5 aromatic rings. The molecule has 230 valence electrons. The summed E-state index contributed by atoms with van der Waals surface area (Å²) in [4.78, 5) is 2.24. The fourth-order valence-corrected chi connectivity index (χ4v) is 6.02. The number of aryl methyl sites for hydroxylation is 3. The number of allylic oxidation sites excluding steroid dienone is 2. The van der Waals surface area contributed by atoms with Crippen LogP contribution in [0.5, 0.6) is 5.75 Å². The van der Waals surface area contributed by atoms with Gasteiger partial charge in [-0.3, -0.25) is 0 Å². The lowest BCUT2D eigenvalue weighted by molar-refractivity contribution is -0.702. The zero-order valence-corrected chi connectivity index (χ0v) is 27.1. The third kappa shape index (κ3) is 7.75. The molecule has 1 aliphatic rings. The second-order valence-electron chi connectivity index (χ2n) is 11.3. The monoisotopic (exact) mass is 641 g/mol. The summed E-state index contributed by atoms with van der Waals surface area (Å²) < 4.78 is 19.5. The second kappa shape index (κ2) is 14.8. The number of pyridine rings is 2. The molecule has 3 aromatic heterocycles. The van der Waals surface area contributed by atoms with Gasteiger partial charge in [-0.25, -0.2) is 9.13 Å². The summed E-state index contributed by atoms with van der Waals surface area (Å²) in [6.45, 7) is 5.75. The highest BCUT2D eigenvalue weighted by atomic mass is 35.5. The minimum atomic E-state index is 0.697. The molecule has 0 bridgehead atoms. The van der Waals surface area contributed by atoms with Crippen LogP contribution in [0.2, 0.25) is 10.0 Å². The molecule has 0 spiro atoms. The molecule has 0 atom stereocenters. The zero-order valence-electron chi connectivity index (χ0n) is 25.6. The first kappa shape index (κ1) is 30.9. The van der Waals surface area contributed by atoms with Gasteiger partial charge in [0.2, 0.25) is 11.5 Å². The molecule has 0 amide bonds. The van der Waals surface area contributed by atoms with Crippen LogP contribution in [0, 0.1) is 0 Å². The van der Waals surface area contributed by atoms with E-state index >= 15 is 0 Å². The second-order valence-corrected chi connectivity index (χ2v) is 12.1. The summed E-state index contributed by atoms with van der Waals surface area (Å²) in [5, 5.41) is 1.39. The van der Waals surface area contributed by atoms with Crippen LogP contribution in [0.3, 0.4) is 0 Å². The summed E-state index contributed by atoms with van der Waals surface area (Å²) >= 11 is 12.9. The number of unbranched alkanes of at least 4 members (excludes halogenated alkanes) is 2. The molecule has 0 fully saturated rings. The van der Waals surface area contributed by atoms with Crippen molar-refractivity contribution in [2.24, 2.45) is 0 Å². The number of benzene rings is 2. The zero-order chi connectivity index (χ0) is 31.0. The first-order valence-corrected chi connectivity index (χ1v) is 16.5. The topological polar surface area (TPSA) is 37.2 Å². The standard InChI is InChI=1S/C37H39Cl2N4O2/c1-2-29(25-36-42(32-27-30(38)13-15-34(32)44-36)23-11-9-21-40-17-5-3-6-18-40)26-37-43(33-28-31(39)14-16-35(33)45-37)24-12-10-22-41-19-7-4-8-20-41/h3-8,13-20,25-28H,2,9-12,21-24H2,1H3/q+3. The van der Waals surface area contributed by atoms with E-state index in [0.29, 0.717) is 10.0 Å². The van der Waals surface area contributed by atoms with Gasteiger partial charge in [0.1, 0.15) is 13.1 Å². The third-order valence-corrected chi connectivity index (χ3v) is 8.53. The highest BCUT2D eigenvalue weighted by Crippen LogP contribution is 2.41. The van der Waals surface area contributed by atoms with E-state index in [1.165, 1.54) is 0 Å². The van der Waals surface area contributed by atoms with E-state index in [0.717, 1.165) is 98.2 Å². The van der Waals surface area contributed by atoms with Crippen molar-refractivity contribution >= 4 is 46.1 Å². The molecule has 1 aliphatic heterocycles. The van der Waals surface area contributed by atoms with E-state index < -0.39 is 0 Å². The molecule has 0 unspecified atom stereocenters. The maximum absolute atomic E-state index is 6.43. The van der Waals surface area contributed by atoms with Crippen LogP contribution in [0.15, 0.2) is 120 Å². The minimum Gasteiger partial charge on any atom is -0.439 e. The summed E-state index contributed by atoms with van der Waals surface area (Å²) in [6.07, 6.45) is 17.6. The van der Waals surface area contributed by atoms with Crippen molar-refractivity contribution in [3.05, 3.63) is 131 Å². The summed E-state index contributed by atoms with van der Waals surface area (Å²) in [7, 11) is 0. The molecule has 6 rings (SSSR count). The van der Waals surface area contributed by atoms with Gasteiger partial charge in [-0.2, -0.15) is 4.57 Å². The largest absolute Gasteiger partial charge is 0.439 e. The smallest absolute Gasteiger partial charge is 0.374 e. The predicted octanol–water partition coefficient (Wildman–Crippen LogP) is 8.10. The predicted molar refractivity (Wildman–Crippen MR) is 179 cm³/mol. The number of halogens is 2. The van der Waals surface area contributed by atoms with E-state index in [4.69, 9.17) is 32.4 Å². The summed E-state index contributed by atoms with van der Waals surface area (Å²) in [5.41, 5.74) is 3.93. The lowest BCUT2D eigenvalue weighted by atomic mass is 10.1. The molecule has 2 aromatic carbocycles. The summed E-state index contributed by atoms with van der Waals surface area (Å²) in [5.74, 6) is 2.43. The minimum absolute atomic E-state index is 0.697. The van der Waals surface area contributed by atoms with Crippen molar-refractivity contribution in [1.82, 2.24) is 0 Å². The van der Waals surface area contributed by atoms with Gasteiger partial charge in [0.05, 0.1) is 11.8 Å². The first-order valence-electron chi connectivity index (χ1n) is 15.7. The summed E-state index contributed by atoms with van der Waals surface area (Å²) in [6, 6.07) is 24.0. The van der Waals surface area contributed by atoms with E-state index in [-0.39, 0.29) is 0 Å². The Labute approximate surface area is 275 Å². The molecule has 0 saturated carbocycles. The van der Waals surface area contributed by atoms with Crippen LogP contribution < -0.4 is 23.3 Å². The molecule has 0 saturated heterocycles. The van der Waals surface area contributed by atoms with E-state index in [1.54, 1.807) is 0 Å². The number of hydrogen-bond acceptors (Lipinski definition) is 3. The molecule has 6 nitrogen and oxygen atoms in total. The first-order chi connectivity index (χ1) is 22.1. The van der Waals surface area contributed by atoms with Gasteiger partial charge in [0.25, 0.3) is 5.52 Å². The van der Waals surface area contributed by atoms with Crippen LogP contribution in [0.1, 0.15) is 44.9 Å². The number of ether oxygens (including phenoxy) is 1. The maximum atomic E-state index is 6.43. The molecule has 0 N–H and O–H groups in total. The molecule has 8 heteroatoms. The average molecular weight is 643 g/mol. The Morgan fingerprint density at radius 3 is 2.13 bits per heavy atom. The fraction of sp³-hybridized carbons (Fsp3) is 0.270. The SMILES string of the molecule is CCC(=Cc1oc2ccc(Cl)cc2[n+]1CCCC[n+]1ccccc1)C=C1Oc2ccc(Cl)cc2N1CCCC[n+]1ccccc1. The average Bonchev–Trinajstić information content (AvgIpc) is 3.57. The number of nitrogens with zero attached hydrogens (tertiary/aromatic N) is 4. The van der Waals surface area contributed by atoms with Crippen molar-refractivity contribution in [3.63, 3.8) is 0 Å². The molecule has 4 heterocycles. The van der Waals surface area contributed by atoms with E-state index in [9.17, 15) is 0 Å². The Morgan fingerprint density at radius 2 is 1.42 bits per heavy atom. The van der Waals surface area contributed by atoms with Gasteiger partial charge in [-0.1, -0.05) is 42.3 Å². The van der Waals surface area contributed by atoms with Crippen molar-refractivity contribution in [2.45, 2.75) is 58.7 Å². The van der Waals surface area contributed by atoms with Gasteiger partial charge in [0, 0.05) is 72.3 Å². The van der Waals surface area contributed by atoms with Gasteiger partial charge in [-0.05, 0) is 48.7 Å². The van der Waals surface area contributed by atoms with E-state index in [2.05, 4.69) is 86.7 Å². The number of rotatable bonds is 13. The Balaban J connectivity index is 1.24. The number of aromatic nitrogens is 3. The molecule has 0 radical (unpaired) electrons. The van der Waals surface area contributed by atoms with Crippen molar-refractivity contribution in [3.8, 4) is 5.75 Å². The Hall–Kier alpha value is -4.13. The number of fused-ring (bicyclic) bond motifs is 2. The van der Waals surface area contributed by atoms with E-state index in [1.807, 2.05) is 48.5 Å². The van der Waals surface area contributed by atoms with Gasteiger partial charge in [-0.15, -0.1) is 0 Å². The van der Waals surface area contributed by atoms with Crippen LogP contribution in [0.25, 0.3) is 17.2 Å². The van der Waals surface area contributed by atoms with Gasteiger partial charge < -0.3 is 14.1 Å². The van der Waals surface area contributed by atoms with Gasteiger partial charge in [0.15, 0.2) is 37.1 Å². The van der Waals surface area contributed by atoms with Crippen molar-refractivity contribution < 1.29 is 22.9 Å². The number of anilines is 1. The molecular weight excluding hydrogens is 603 g/mol. The lowest BCUT2D eigenvalue weighted by Crippen LogP contribution is -2.37. The van der Waals surface area contributed by atoms with Crippen LogP contribution in [-0.4, -0.2) is 6.54 Å². The molecule has 45 heavy (non-hydrogen) atoms. The Morgan fingerprint density at radius 1 is 0.778 bits per heavy atom. The lowest BCUT2D eigenvalue weighted by Gasteiger charge is -2.18. The third-order valence-electron chi connectivity index (χ3n) is 8.06. The molecular formula is C37H39Cl2N4O2+3. The van der Waals surface area contributed by atoms with Crippen LogP contribution in [0.4, 0.5) is 5.69 Å². The van der Waals surface area contributed by atoms with Crippen molar-refractivity contribution in [2.75, 3.05) is 11.4 Å². The highest BCUT2D eigenvalue weighted by molar-refractivity contribution is 6.31. The normalized spacial score (nSPS) is 13.9. The fourth-order valence-electron chi connectivity index (χ4n) is 5.68. The molecule has 0 aliphatic carbocycles. The number of hydrogen-bond donors (Lipinski definition) is 0. The Kier molecular flexibility index (Phi) is 10.1. The number of oxazole rings is 1. The van der Waals surface area contributed by atoms with Crippen LogP contribution >= 0.6 is 23.2 Å².